The third kappa shape index (κ3) is 6.02. The molecule has 112 valence electrons. The van der Waals surface area contributed by atoms with Crippen molar-refractivity contribution < 1.29 is 5.21 Å². The molecule has 0 aliphatic carbocycles. The van der Waals surface area contributed by atoms with Crippen molar-refractivity contribution in [2.75, 3.05) is 13.1 Å². The number of nitrogens with one attached hydrogen (secondary N) is 2. The predicted molar refractivity (Wildman–Crippen MR) is 81.0 cm³/mol. The van der Waals surface area contributed by atoms with E-state index >= 15 is 0 Å². The van der Waals surface area contributed by atoms with Gasteiger partial charge in [0, 0.05) is 0 Å². The smallest absolute Gasteiger partial charge is 0.0734 e. The SMILES string of the molecule is C/C(=N\N)C(C)(C)NCCCNC(C)(C)/C(C)=N/O. The zero-order valence-corrected chi connectivity index (χ0v) is 13.0. The third-order valence-corrected chi connectivity index (χ3v) is 3.64. The molecule has 0 aliphatic heterocycles. The molecule has 5 N–H and O–H groups in total. The lowest BCUT2D eigenvalue weighted by molar-refractivity contribution is 0.310. The first-order valence-electron chi connectivity index (χ1n) is 6.61. The number of hydrogen-bond donors (Lipinski definition) is 4. The van der Waals surface area contributed by atoms with Crippen LogP contribution in [-0.2, 0) is 0 Å². The second kappa shape index (κ2) is 7.45. The van der Waals surface area contributed by atoms with E-state index in [-0.39, 0.29) is 11.1 Å². The normalized spacial score (nSPS) is 14.8. The van der Waals surface area contributed by atoms with Crippen molar-refractivity contribution in [2.45, 2.75) is 59.0 Å². The van der Waals surface area contributed by atoms with Crippen LogP contribution in [0.4, 0.5) is 0 Å². The summed E-state index contributed by atoms with van der Waals surface area (Å²) in [6, 6.07) is 0. The molecule has 0 saturated heterocycles. The minimum atomic E-state index is -0.293. The molecule has 0 spiro atoms. The standard InChI is InChI=1S/C13H29N5O/c1-10(17-14)12(3,4)15-8-7-9-16-13(5,6)11(2)18-19/h15-16,19H,7-9,14H2,1-6H3/b17-10+,18-11+. The summed E-state index contributed by atoms with van der Waals surface area (Å²) in [5.41, 5.74) is 1.07. The average molecular weight is 271 g/mol. The molecule has 0 rings (SSSR count). The molecule has 0 amide bonds. The molecule has 0 bridgehead atoms. The molecule has 0 unspecified atom stereocenters. The largest absolute Gasteiger partial charge is 0.411 e. The Labute approximate surface area is 116 Å². The van der Waals surface area contributed by atoms with Crippen molar-refractivity contribution >= 4 is 11.4 Å². The highest BCUT2D eigenvalue weighted by atomic mass is 16.4. The molecule has 0 heterocycles. The number of oxime groups is 1. The third-order valence-electron chi connectivity index (χ3n) is 3.64. The molecule has 0 fully saturated rings. The Hall–Kier alpha value is -1.14. The van der Waals surface area contributed by atoms with E-state index < -0.39 is 0 Å². The topological polar surface area (TPSA) is 95.0 Å². The fourth-order valence-electron chi connectivity index (χ4n) is 1.43. The molecule has 19 heavy (non-hydrogen) atoms. The van der Waals surface area contributed by atoms with Crippen LogP contribution in [-0.4, -0.2) is 40.8 Å². The Balaban J connectivity index is 4.02. The lowest BCUT2D eigenvalue weighted by atomic mass is 9.99. The monoisotopic (exact) mass is 271 g/mol. The van der Waals surface area contributed by atoms with Gasteiger partial charge in [0.15, 0.2) is 0 Å². The van der Waals surface area contributed by atoms with Crippen molar-refractivity contribution in [1.82, 2.24) is 10.6 Å². The van der Waals surface area contributed by atoms with Gasteiger partial charge in [0.25, 0.3) is 0 Å². The van der Waals surface area contributed by atoms with E-state index in [0.717, 1.165) is 25.2 Å². The van der Waals surface area contributed by atoms with Gasteiger partial charge in [-0.15, -0.1) is 0 Å². The number of nitrogens with two attached hydrogens (primary N) is 1. The molecule has 6 heteroatoms. The molecular weight excluding hydrogens is 242 g/mol. The molecule has 6 nitrogen and oxygen atoms in total. The van der Waals surface area contributed by atoms with Crippen LogP contribution >= 0.6 is 0 Å². The second-order valence-corrected chi connectivity index (χ2v) is 5.86. The van der Waals surface area contributed by atoms with Gasteiger partial charge in [0.05, 0.1) is 22.5 Å². The number of rotatable bonds is 8. The zero-order chi connectivity index (χ0) is 15.1. The first kappa shape index (κ1) is 17.9. The van der Waals surface area contributed by atoms with Crippen molar-refractivity contribution in [3.8, 4) is 0 Å². The van der Waals surface area contributed by atoms with Gasteiger partial charge in [-0.05, 0) is 61.1 Å². The van der Waals surface area contributed by atoms with Gasteiger partial charge < -0.3 is 21.7 Å². The predicted octanol–water partition coefficient (Wildman–Crippen LogP) is 1.30. The molecule has 0 aromatic rings. The first-order valence-corrected chi connectivity index (χ1v) is 6.61. The van der Waals surface area contributed by atoms with E-state index in [4.69, 9.17) is 11.0 Å². The summed E-state index contributed by atoms with van der Waals surface area (Å²) < 4.78 is 0. The van der Waals surface area contributed by atoms with Crippen LogP contribution in [0, 0.1) is 0 Å². The summed E-state index contributed by atoms with van der Waals surface area (Å²) >= 11 is 0. The highest BCUT2D eigenvalue weighted by molar-refractivity contribution is 5.90. The summed E-state index contributed by atoms with van der Waals surface area (Å²) in [6.45, 7) is 13.5. The fourth-order valence-corrected chi connectivity index (χ4v) is 1.43. The van der Waals surface area contributed by atoms with Crippen LogP contribution in [0.25, 0.3) is 0 Å². The van der Waals surface area contributed by atoms with Crippen molar-refractivity contribution in [1.29, 1.82) is 0 Å². The van der Waals surface area contributed by atoms with E-state index in [1.54, 1.807) is 6.92 Å². The van der Waals surface area contributed by atoms with E-state index in [1.807, 2.05) is 20.8 Å². The van der Waals surface area contributed by atoms with Gasteiger partial charge >= 0.3 is 0 Å². The summed E-state index contributed by atoms with van der Waals surface area (Å²) in [6.07, 6.45) is 0.962. The number of hydrazone groups is 1. The Morgan fingerprint density at radius 3 is 1.79 bits per heavy atom. The Kier molecular flexibility index (Phi) is 7.00. The summed E-state index contributed by atoms with van der Waals surface area (Å²) in [7, 11) is 0. The van der Waals surface area contributed by atoms with Crippen LogP contribution in [0.3, 0.4) is 0 Å². The maximum absolute atomic E-state index is 8.78. The second-order valence-electron chi connectivity index (χ2n) is 5.86. The van der Waals surface area contributed by atoms with E-state index in [1.165, 1.54) is 0 Å². The van der Waals surface area contributed by atoms with Crippen molar-refractivity contribution in [3.05, 3.63) is 0 Å². The van der Waals surface area contributed by atoms with Crippen LogP contribution in [0.1, 0.15) is 48.0 Å². The van der Waals surface area contributed by atoms with Crippen molar-refractivity contribution in [3.63, 3.8) is 0 Å². The average Bonchev–Trinajstić information content (AvgIpc) is 2.35. The summed E-state index contributed by atoms with van der Waals surface area (Å²) in [4.78, 5) is 0. The lowest BCUT2D eigenvalue weighted by Gasteiger charge is -2.27. The fraction of sp³-hybridized carbons (Fsp3) is 0.846. The van der Waals surface area contributed by atoms with Gasteiger partial charge in [-0.1, -0.05) is 5.16 Å². The maximum atomic E-state index is 8.78. The van der Waals surface area contributed by atoms with Crippen molar-refractivity contribution in [2.24, 2.45) is 16.1 Å². The Morgan fingerprint density at radius 2 is 1.42 bits per heavy atom. The van der Waals surface area contributed by atoms with Gasteiger partial charge in [-0.3, -0.25) is 0 Å². The summed E-state index contributed by atoms with van der Waals surface area (Å²) in [5, 5.41) is 22.5. The summed E-state index contributed by atoms with van der Waals surface area (Å²) in [5.74, 6) is 5.29. The Morgan fingerprint density at radius 1 is 1.00 bits per heavy atom. The van der Waals surface area contributed by atoms with Gasteiger partial charge in [0.2, 0.25) is 0 Å². The van der Waals surface area contributed by atoms with E-state index in [2.05, 4.69) is 34.7 Å². The lowest BCUT2D eigenvalue weighted by Crippen LogP contribution is -2.49. The first-order chi connectivity index (χ1) is 8.67. The van der Waals surface area contributed by atoms with Crippen LogP contribution in [0.15, 0.2) is 10.3 Å². The number of hydrogen-bond acceptors (Lipinski definition) is 6. The highest BCUT2D eigenvalue weighted by Crippen LogP contribution is 2.06. The molecule has 0 saturated carbocycles. The molecule has 0 aromatic heterocycles. The van der Waals surface area contributed by atoms with Gasteiger partial charge in [0.1, 0.15) is 0 Å². The minimum Gasteiger partial charge on any atom is -0.411 e. The highest BCUT2D eigenvalue weighted by Gasteiger charge is 2.22. The maximum Gasteiger partial charge on any atom is 0.0734 e. The van der Waals surface area contributed by atoms with Gasteiger partial charge in [-0.25, -0.2) is 0 Å². The molecular formula is C13H29N5O. The number of nitrogens with zero attached hydrogens (tertiary/aromatic N) is 2. The van der Waals surface area contributed by atoms with Gasteiger partial charge in [-0.2, -0.15) is 5.10 Å². The quantitative estimate of drug-likeness (QED) is 0.176. The Bertz CT molecular complexity index is 302. The molecule has 0 atom stereocenters. The van der Waals surface area contributed by atoms with E-state index in [0.29, 0.717) is 5.71 Å². The minimum absolute atomic E-state index is 0.188. The van der Waals surface area contributed by atoms with Crippen LogP contribution < -0.4 is 16.5 Å². The molecule has 0 aromatic carbocycles. The van der Waals surface area contributed by atoms with Crippen LogP contribution in [0.5, 0.6) is 0 Å². The zero-order valence-electron chi connectivity index (χ0n) is 13.0. The molecule has 0 aliphatic rings. The van der Waals surface area contributed by atoms with E-state index in [9.17, 15) is 0 Å². The molecule has 0 radical (unpaired) electrons. The van der Waals surface area contributed by atoms with Crippen LogP contribution in [0.2, 0.25) is 0 Å².